The molecule has 12 nitrogen and oxygen atoms in total. The molecule has 0 bridgehead atoms. The van der Waals surface area contributed by atoms with E-state index in [0.717, 1.165) is 0 Å². The van der Waals surface area contributed by atoms with Crippen LogP contribution in [0.25, 0.3) is 0 Å². The fourth-order valence-corrected chi connectivity index (χ4v) is 2.64. The summed E-state index contributed by atoms with van der Waals surface area (Å²) in [5.41, 5.74) is 16.3. The van der Waals surface area contributed by atoms with Gasteiger partial charge in [0.2, 0.25) is 23.6 Å². The molecule has 0 saturated carbocycles. The normalized spacial score (nSPS) is 14.8. The van der Waals surface area contributed by atoms with Gasteiger partial charge in [-0.3, -0.25) is 19.2 Å². The summed E-state index contributed by atoms with van der Waals surface area (Å²) in [5, 5.41) is 16.6. The second kappa shape index (κ2) is 14.3. The molecular formula is C19H36N6O6. The van der Waals surface area contributed by atoms with Crippen LogP contribution in [0.3, 0.4) is 0 Å². The number of carbonyl (C=O) groups excluding carboxylic acids is 4. The van der Waals surface area contributed by atoms with Crippen molar-refractivity contribution in [2.24, 2.45) is 23.1 Å². The fourth-order valence-electron chi connectivity index (χ4n) is 2.64. The molecule has 0 radical (unpaired) electrons. The number of hydrogen-bond donors (Lipinski definition) is 7. The molecule has 4 amide bonds. The summed E-state index contributed by atoms with van der Waals surface area (Å²) < 4.78 is 0. The number of unbranched alkanes of at least 4 members (excludes halogenated alkanes) is 1. The predicted molar refractivity (Wildman–Crippen MR) is 113 cm³/mol. The minimum absolute atomic E-state index is 0.0306. The van der Waals surface area contributed by atoms with Gasteiger partial charge in [0, 0.05) is 6.42 Å². The van der Waals surface area contributed by atoms with Crippen LogP contribution in [-0.2, 0) is 24.0 Å². The van der Waals surface area contributed by atoms with Crippen molar-refractivity contribution in [1.29, 1.82) is 0 Å². The van der Waals surface area contributed by atoms with Crippen LogP contribution in [0.2, 0.25) is 0 Å². The van der Waals surface area contributed by atoms with E-state index in [1.54, 1.807) is 13.8 Å². The Bertz CT molecular complexity index is 641. The van der Waals surface area contributed by atoms with E-state index in [4.69, 9.17) is 17.2 Å². The number of nitrogens with one attached hydrogen (secondary N) is 3. The van der Waals surface area contributed by atoms with Gasteiger partial charge in [0.1, 0.15) is 18.1 Å². The lowest BCUT2D eigenvalue weighted by Crippen LogP contribution is -2.56. The number of rotatable bonds is 15. The average Bonchev–Trinajstić information content (AvgIpc) is 2.68. The van der Waals surface area contributed by atoms with Crippen molar-refractivity contribution in [2.75, 3.05) is 6.54 Å². The minimum Gasteiger partial charge on any atom is -0.480 e. The molecule has 0 fully saturated rings. The quantitative estimate of drug-likeness (QED) is 0.139. The Labute approximate surface area is 182 Å². The van der Waals surface area contributed by atoms with Crippen LogP contribution in [0.1, 0.15) is 52.9 Å². The van der Waals surface area contributed by atoms with Crippen LogP contribution in [0.15, 0.2) is 0 Å². The summed E-state index contributed by atoms with van der Waals surface area (Å²) in [7, 11) is 0. The largest absolute Gasteiger partial charge is 0.480 e. The van der Waals surface area contributed by atoms with Crippen molar-refractivity contribution in [2.45, 2.75) is 77.0 Å². The van der Waals surface area contributed by atoms with Gasteiger partial charge >= 0.3 is 5.97 Å². The molecule has 0 aliphatic rings. The van der Waals surface area contributed by atoms with Crippen molar-refractivity contribution in [3.63, 3.8) is 0 Å². The predicted octanol–water partition coefficient (Wildman–Crippen LogP) is -2.08. The number of amides is 4. The first-order valence-electron chi connectivity index (χ1n) is 10.3. The second-order valence-corrected chi connectivity index (χ2v) is 7.76. The van der Waals surface area contributed by atoms with E-state index in [0.29, 0.717) is 19.4 Å². The molecule has 4 atom stereocenters. The number of primary amides is 1. The van der Waals surface area contributed by atoms with Crippen LogP contribution in [0.4, 0.5) is 0 Å². The van der Waals surface area contributed by atoms with Gasteiger partial charge in [-0.2, -0.15) is 0 Å². The van der Waals surface area contributed by atoms with Gasteiger partial charge in [-0.1, -0.05) is 13.8 Å². The lowest BCUT2D eigenvalue weighted by Gasteiger charge is -2.24. The van der Waals surface area contributed by atoms with E-state index in [-0.39, 0.29) is 25.2 Å². The van der Waals surface area contributed by atoms with Crippen LogP contribution in [0, 0.1) is 5.92 Å². The van der Waals surface area contributed by atoms with E-state index in [9.17, 15) is 29.1 Å². The zero-order chi connectivity index (χ0) is 24.1. The molecule has 0 aromatic heterocycles. The number of nitrogens with two attached hydrogens (primary N) is 3. The molecule has 0 heterocycles. The third-order valence-corrected chi connectivity index (χ3v) is 4.60. The molecule has 10 N–H and O–H groups in total. The molecule has 0 rings (SSSR count). The van der Waals surface area contributed by atoms with Crippen molar-refractivity contribution in [1.82, 2.24) is 16.0 Å². The Balaban J connectivity index is 5.06. The number of aliphatic carboxylic acids is 1. The van der Waals surface area contributed by atoms with Crippen molar-refractivity contribution >= 4 is 29.6 Å². The Morgan fingerprint density at radius 1 is 0.871 bits per heavy atom. The van der Waals surface area contributed by atoms with Crippen LogP contribution < -0.4 is 33.2 Å². The molecular weight excluding hydrogens is 408 g/mol. The summed E-state index contributed by atoms with van der Waals surface area (Å²) in [4.78, 5) is 59.4. The number of carboxylic acid groups (broad SMARTS) is 1. The first-order valence-corrected chi connectivity index (χ1v) is 10.3. The Morgan fingerprint density at radius 2 is 1.48 bits per heavy atom. The smallest absolute Gasteiger partial charge is 0.326 e. The topological polar surface area (TPSA) is 220 Å². The fraction of sp³-hybridized carbons (Fsp3) is 0.737. The summed E-state index contributed by atoms with van der Waals surface area (Å²) in [6.45, 7) is 5.11. The minimum atomic E-state index is -1.18. The third-order valence-electron chi connectivity index (χ3n) is 4.60. The van der Waals surface area contributed by atoms with Crippen molar-refractivity contribution in [3.8, 4) is 0 Å². The van der Waals surface area contributed by atoms with Gasteiger partial charge in [-0.25, -0.2) is 4.79 Å². The molecule has 31 heavy (non-hydrogen) atoms. The van der Waals surface area contributed by atoms with E-state index < -0.39 is 53.8 Å². The highest BCUT2D eigenvalue weighted by Gasteiger charge is 2.29. The summed E-state index contributed by atoms with van der Waals surface area (Å²) in [5.74, 6) is -4.04. The molecule has 0 saturated heterocycles. The SMILES string of the molecule is CC(C)[C@H](NC(=O)[C@H](C)NC(=O)[C@H](CCCCN)NC(=O)[C@@H](N)CCC(N)=O)C(=O)O. The Kier molecular flexibility index (Phi) is 13.0. The van der Waals surface area contributed by atoms with Crippen LogP contribution in [0.5, 0.6) is 0 Å². The van der Waals surface area contributed by atoms with E-state index in [1.165, 1.54) is 6.92 Å². The van der Waals surface area contributed by atoms with E-state index >= 15 is 0 Å². The molecule has 0 aromatic rings. The molecule has 0 aliphatic carbocycles. The van der Waals surface area contributed by atoms with Crippen molar-refractivity contribution < 1.29 is 29.1 Å². The lowest BCUT2D eigenvalue weighted by atomic mass is 10.0. The van der Waals surface area contributed by atoms with Crippen LogP contribution in [-0.4, -0.2) is 65.4 Å². The average molecular weight is 445 g/mol. The molecule has 0 unspecified atom stereocenters. The van der Waals surface area contributed by atoms with Gasteiger partial charge in [-0.15, -0.1) is 0 Å². The summed E-state index contributed by atoms with van der Waals surface area (Å²) >= 11 is 0. The molecule has 0 aliphatic heterocycles. The first-order chi connectivity index (χ1) is 14.4. The van der Waals surface area contributed by atoms with Gasteiger partial charge in [0.05, 0.1) is 6.04 Å². The van der Waals surface area contributed by atoms with Crippen LogP contribution >= 0.6 is 0 Å². The monoisotopic (exact) mass is 444 g/mol. The Morgan fingerprint density at radius 3 is 1.97 bits per heavy atom. The highest BCUT2D eigenvalue weighted by Crippen LogP contribution is 2.05. The lowest BCUT2D eigenvalue weighted by molar-refractivity contribution is -0.143. The Hall–Kier alpha value is -2.73. The molecule has 178 valence electrons. The van der Waals surface area contributed by atoms with Gasteiger partial charge in [-0.05, 0) is 45.1 Å². The molecule has 0 spiro atoms. The van der Waals surface area contributed by atoms with E-state index in [2.05, 4.69) is 16.0 Å². The molecule has 0 aromatic carbocycles. The third kappa shape index (κ3) is 11.3. The van der Waals surface area contributed by atoms with Crippen molar-refractivity contribution in [3.05, 3.63) is 0 Å². The maximum Gasteiger partial charge on any atom is 0.326 e. The maximum absolute atomic E-state index is 12.7. The number of hydrogen-bond acceptors (Lipinski definition) is 7. The summed E-state index contributed by atoms with van der Waals surface area (Å²) in [6, 6.07) is -4.14. The zero-order valence-corrected chi connectivity index (χ0v) is 18.3. The maximum atomic E-state index is 12.7. The standard InChI is InChI=1S/C19H36N6O6/c1-10(2)15(19(30)31)25-16(27)11(3)23-18(29)13(6-4-5-9-20)24-17(28)12(21)7-8-14(22)26/h10-13,15H,4-9,20-21H2,1-3H3,(H2,22,26)(H,23,29)(H,24,28)(H,25,27)(H,30,31)/t11-,12-,13-,15-/m0/s1. The van der Waals surface area contributed by atoms with Gasteiger partial charge in [0.25, 0.3) is 0 Å². The van der Waals surface area contributed by atoms with Gasteiger partial charge in [0.15, 0.2) is 0 Å². The highest BCUT2D eigenvalue weighted by atomic mass is 16.4. The van der Waals surface area contributed by atoms with E-state index in [1.807, 2.05) is 0 Å². The second-order valence-electron chi connectivity index (χ2n) is 7.76. The highest BCUT2D eigenvalue weighted by molar-refractivity contribution is 5.94. The summed E-state index contributed by atoms with van der Waals surface area (Å²) in [6.07, 6.45) is 1.38. The zero-order valence-electron chi connectivity index (χ0n) is 18.3. The molecule has 12 heteroatoms. The number of carboxylic acids is 1. The van der Waals surface area contributed by atoms with Gasteiger partial charge < -0.3 is 38.3 Å². The first kappa shape index (κ1) is 28.3. The number of carbonyl (C=O) groups is 5.